The van der Waals surface area contributed by atoms with Crippen molar-refractivity contribution in [2.45, 2.75) is 16.5 Å². The largest absolute Gasteiger partial charge is 0.341 e. The van der Waals surface area contributed by atoms with E-state index in [1.165, 1.54) is 12.1 Å². The topological polar surface area (TPSA) is 66.5 Å². The van der Waals surface area contributed by atoms with Crippen LogP contribution < -0.4 is 4.72 Å². The summed E-state index contributed by atoms with van der Waals surface area (Å²) in [6, 6.07) is 9.68. The van der Waals surface area contributed by atoms with Gasteiger partial charge in [-0.2, -0.15) is 0 Å². The Morgan fingerprint density at radius 3 is 2.79 bits per heavy atom. The SMILES string of the molecule is O=C(CNS(=O)(=O)c1cccs1)N1CC[C@H](c2ccccc2F)C1. The number of thiophene rings is 1. The average Bonchev–Trinajstić information content (AvgIpc) is 3.25. The Hall–Kier alpha value is -1.77. The lowest BCUT2D eigenvalue weighted by atomic mass is 9.98. The van der Waals surface area contributed by atoms with Crippen molar-refractivity contribution >= 4 is 27.3 Å². The summed E-state index contributed by atoms with van der Waals surface area (Å²) in [4.78, 5) is 13.8. The maximum absolute atomic E-state index is 13.8. The van der Waals surface area contributed by atoms with Crippen LogP contribution in [-0.4, -0.2) is 38.9 Å². The molecule has 1 aromatic carbocycles. The lowest BCUT2D eigenvalue weighted by Crippen LogP contribution is -2.38. The molecule has 1 aromatic heterocycles. The van der Waals surface area contributed by atoms with Crippen LogP contribution in [0.25, 0.3) is 0 Å². The Kier molecular flexibility index (Phi) is 4.98. The van der Waals surface area contributed by atoms with E-state index in [1.54, 1.807) is 34.5 Å². The third kappa shape index (κ3) is 3.66. The number of benzene rings is 1. The summed E-state index contributed by atoms with van der Waals surface area (Å²) in [5.41, 5.74) is 0.604. The number of likely N-dealkylation sites (tertiary alicyclic amines) is 1. The molecule has 1 fully saturated rings. The maximum atomic E-state index is 13.8. The van der Waals surface area contributed by atoms with Crippen molar-refractivity contribution in [2.75, 3.05) is 19.6 Å². The van der Waals surface area contributed by atoms with Crippen LogP contribution in [0.5, 0.6) is 0 Å². The fourth-order valence-electron chi connectivity index (χ4n) is 2.80. The molecule has 0 aliphatic carbocycles. The van der Waals surface area contributed by atoms with Crippen molar-refractivity contribution in [3.8, 4) is 0 Å². The highest BCUT2D eigenvalue weighted by molar-refractivity contribution is 7.91. The van der Waals surface area contributed by atoms with E-state index in [0.717, 1.165) is 11.3 Å². The van der Waals surface area contributed by atoms with E-state index in [2.05, 4.69) is 4.72 Å². The second-order valence-corrected chi connectivity index (χ2v) is 8.54. The Balaban J connectivity index is 1.58. The second-order valence-electron chi connectivity index (χ2n) is 5.60. The monoisotopic (exact) mass is 368 g/mol. The fourth-order valence-corrected chi connectivity index (χ4v) is 4.81. The number of carbonyl (C=O) groups is 1. The molecule has 0 radical (unpaired) electrons. The molecule has 1 saturated heterocycles. The zero-order chi connectivity index (χ0) is 17.2. The number of halogens is 1. The molecule has 0 saturated carbocycles. The van der Waals surface area contributed by atoms with E-state index in [1.807, 2.05) is 0 Å². The summed E-state index contributed by atoms with van der Waals surface area (Å²) in [6.07, 6.45) is 0.671. The van der Waals surface area contributed by atoms with Gasteiger partial charge in [0, 0.05) is 19.0 Å². The Labute approximate surface area is 144 Å². The molecule has 2 aromatic rings. The standard InChI is InChI=1S/C16H17FN2O3S2/c17-14-5-2-1-4-13(14)12-7-8-19(11-12)15(20)10-18-24(21,22)16-6-3-9-23-16/h1-6,9,12,18H,7-8,10-11H2/t12-/m0/s1. The Bertz CT molecular complexity index is 822. The molecule has 5 nitrogen and oxygen atoms in total. The molecular weight excluding hydrogens is 351 g/mol. The van der Waals surface area contributed by atoms with Crippen molar-refractivity contribution in [3.05, 3.63) is 53.2 Å². The molecule has 1 atom stereocenters. The summed E-state index contributed by atoms with van der Waals surface area (Å²) in [7, 11) is -3.65. The van der Waals surface area contributed by atoms with E-state index in [9.17, 15) is 17.6 Å². The summed E-state index contributed by atoms with van der Waals surface area (Å²) < 4.78 is 40.4. The smallest absolute Gasteiger partial charge is 0.250 e. The zero-order valence-electron chi connectivity index (χ0n) is 12.8. The van der Waals surface area contributed by atoms with Crippen molar-refractivity contribution in [1.82, 2.24) is 9.62 Å². The van der Waals surface area contributed by atoms with Crippen LogP contribution >= 0.6 is 11.3 Å². The molecule has 1 N–H and O–H groups in total. The predicted molar refractivity (Wildman–Crippen MR) is 89.8 cm³/mol. The van der Waals surface area contributed by atoms with E-state index in [4.69, 9.17) is 0 Å². The van der Waals surface area contributed by atoms with Gasteiger partial charge in [0.05, 0.1) is 6.54 Å². The minimum absolute atomic E-state index is 0.0518. The van der Waals surface area contributed by atoms with Crippen molar-refractivity contribution in [3.63, 3.8) is 0 Å². The minimum Gasteiger partial charge on any atom is -0.341 e. The molecule has 1 aliphatic heterocycles. The molecule has 128 valence electrons. The fraction of sp³-hybridized carbons (Fsp3) is 0.312. The highest BCUT2D eigenvalue weighted by Gasteiger charge is 2.29. The number of hydrogen-bond acceptors (Lipinski definition) is 4. The maximum Gasteiger partial charge on any atom is 0.250 e. The molecule has 0 bridgehead atoms. The predicted octanol–water partition coefficient (Wildman–Crippen LogP) is 2.18. The van der Waals surface area contributed by atoms with Gasteiger partial charge in [-0.15, -0.1) is 11.3 Å². The third-order valence-corrected chi connectivity index (χ3v) is 6.86. The van der Waals surface area contributed by atoms with Gasteiger partial charge in [-0.05, 0) is 29.5 Å². The van der Waals surface area contributed by atoms with Crippen molar-refractivity contribution in [2.24, 2.45) is 0 Å². The first-order valence-electron chi connectivity index (χ1n) is 7.53. The third-order valence-electron chi connectivity index (χ3n) is 4.06. The highest BCUT2D eigenvalue weighted by Crippen LogP contribution is 2.28. The average molecular weight is 368 g/mol. The van der Waals surface area contributed by atoms with E-state index in [-0.39, 0.29) is 28.4 Å². The quantitative estimate of drug-likeness (QED) is 0.880. The van der Waals surface area contributed by atoms with Crippen molar-refractivity contribution < 1.29 is 17.6 Å². The van der Waals surface area contributed by atoms with E-state index >= 15 is 0 Å². The second kappa shape index (κ2) is 7.00. The molecule has 1 aliphatic rings. The number of amides is 1. The Morgan fingerprint density at radius 2 is 2.08 bits per heavy atom. The van der Waals surface area contributed by atoms with Crippen LogP contribution in [0.1, 0.15) is 17.9 Å². The van der Waals surface area contributed by atoms with Gasteiger partial charge in [-0.25, -0.2) is 17.5 Å². The van der Waals surface area contributed by atoms with Gasteiger partial charge in [-0.1, -0.05) is 24.3 Å². The molecular formula is C16H17FN2O3S2. The molecule has 24 heavy (non-hydrogen) atoms. The number of sulfonamides is 1. The summed E-state index contributed by atoms with van der Waals surface area (Å²) in [6.45, 7) is 0.614. The van der Waals surface area contributed by atoms with Gasteiger partial charge in [0.15, 0.2) is 0 Å². The van der Waals surface area contributed by atoms with Crippen LogP contribution in [0.15, 0.2) is 46.0 Å². The molecule has 1 amide bonds. The lowest BCUT2D eigenvalue weighted by Gasteiger charge is -2.17. The Morgan fingerprint density at radius 1 is 1.29 bits per heavy atom. The molecule has 0 unspecified atom stereocenters. The van der Waals surface area contributed by atoms with E-state index < -0.39 is 10.0 Å². The van der Waals surface area contributed by atoms with Crippen LogP contribution in [0, 0.1) is 5.82 Å². The van der Waals surface area contributed by atoms with E-state index in [0.29, 0.717) is 25.1 Å². The molecule has 0 spiro atoms. The number of nitrogens with one attached hydrogen (secondary N) is 1. The van der Waals surface area contributed by atoms with Gasteiger partial charge in [0.25, 0.3) is 10.0 Å². The summed E-state index contributed by atoms with van der Waals surface area (Å²) in [5.74, 6) is -0.617. The molecule has 2 heterocycles. The number of nitrogens with zero attached hydrogens (tertiary/aromatic N) is 1. The molecule has 8 heteroatoms. The van der Waals surface area contributed by atoms with Crippen LogP contribution in [0.4, 0.5) is 4.39 Å². The lowest BCUT2D eigenvalue weighted by molar-refractivity contribution is -0.128. The highest BCUT2D eigenvalue weighted by atomic mass is 32.2. The first-order chi connectivity index (χ1) is 11.5. The number of hydrogen-bond donors (Lipinski definition) is 1. The van der Waals surface area contributed by atoms with Gasteiger partial charge < -0.3 is 4.90 Å². The summed E-state index contributed by atoms with van der Waals surface area (Å²) >= 11 is 1.10. The van der Waals surface area contributed by atoms with Crippen LogP contribution in [0.3, 0.4) is 0 Å². The number of rotatable bonds is 5. The van der Waals surface area contributed by atoms with Gasteiger partial charge >= 0.3 is 0 Å². The van der Waals surface area contributed by atoms with Crippen LogP contribution in [-0.2, 0) is 14.8 Å². The molecule has 3 rings (SSSR count). The first-order valence-corrected chi connectivity index (χ1v) is 9.89. The van der Waals surface area contributed by atoms with Crippen LogP contribution in [0.2, 0.25) is 0 Å². The normalized spacial score (nSPS) is 18.0. The zero-order valence-corrected chi connectivity index (χ0v) is 14.4. The van der Waals surface area contributed by atoms with Gasteiger partial charge in [0.1, 0.15) is 10.0 Å². The van der Waals surface area contributed by atoms with Gasteiger partial charge in [-0.3, -0.25) is 4.79 Å². The minimum atomic E-state index is -3.65. The van der Waals surface area contributed by atoms with Gasteiger partial charge in [0.2, 0.25) is 5.91 Å². The first kappa shape index (κ1) is 17.1. The summed E-state index contributed by atoms with van der Waals surface area (Å²) in [5, 5.41) is 1.66. The number of carbonyl (C=O) groups excluding carboxylic acids is 1. The van der Waals surface area contributed by atoms with Crippen molar-refractivity contribution in [1.29, 1.82) is 0 Å².